The Balaban J connectivity index is 2.18. The quantitative estimate of drug-likeness (QED) is 0.807. The Morgan fingerprint density at radius 1 is 1.29 bits per heavy atom. The van der Waals surface area contributed by atoms with Gasteiger partial charge < -0.3 is 10.0 Å². The zero-order valence-electron chi connectivity index (χ0n) is 13.9. The molecular formula is C14H23F3N2O4S. The predicted octanol–water partition coefficient (Wildman–Crippen LogP) is 2.63. The van der Waals surface area contributed by atoms with Gasteiger partial charge in [-0.1, -0.05) is 20.8 Å². The highest BCUT2D eigenvalue weighted by Crippen LogP contribution is 2.43. The Hall–Kier alpha value is -0.870. The maximum Gasteiger partial charge on any atom is 0.421 e. The molecule has 2 aliphatic rings. The molecule has 140 valence electrons. The Morgan fingerprint density at radius 2 is 1.83 bits per heavy atom. The average molecular weight is 372 g/mol. The number of nitrogens with zero attached hydrogens (tertiary/aromatic N) is 2. The van der Waals surface area contributed by atoms with Crippen molar-refractivity contribution < 1.29 is 31.5 Å². The maximum atomic E-state index is 12.8. The van der Waals surface area contributed by atoms with Crippen LogP contribution in [0.3, 0.4) is 0 Å². The highest BCUT2D eigenvalue weighted by molar-refractivity contribution is 7.78. The zero-order valence-corrected chi connectivity index (χ0v) is 14.7. The van der Waals surface area contributed by atoms with Crippen molar-refractivity contribution in [1.29, 1.82) is 0 Å². The highest BCUT2D eigenvalue weighted by atomic mass is 32.2. The van der Waals surface area contributed by atoms with Crippen LogP contribution in [-0.4, -0.2) is 62.6 Å². The minimum absolute atomic E-state index is 0.0132. The summed E-state index contributed by atoms with van der Waals surface area (Å²) in [7, 11) is 0. The number of alkyl halides is 3. The number of hydrogen-bond acceptors (Lipinski definition) is 4. The number of piperidine rings is 1. The second kappa shape index (κ2) is 6.45. The summed E-state index contributed by atoms with van der Waals surface area (Å²) in [6, 6.07) is 0. The SMILES string of the molecule is CC(C)(C)[C@]1(CN2CCC(C(F)(F)F)CC2)COS(=O)N1C(=O)O. The van der Waals surface area contributed by atoms with Gasteiger partial charge in [0.2, 0.25) is 0 Å². The normalized spacial score (nSPS) is 30.8. The van der Waals surface area contributed by atoms with Crippen LogP contribution in [0, 0.1) is 11.3 Å². The Morgan fingerprint density at radius 3 is 2.25 bits per heavy atom. The molecule has 2 rings (SSSR count). The summed E-state index contributed by atoms with van der Waals surface area (Å²) in [6.45, 7) is 6.05. The van der Waals surface area contributed by atoms with Crippen molar-refractivity contribution in [3.63, 3.8) is 0 Å². The molecule has 0 bridgehead atoms. The van der Waals surface area contributed by atoms with Crippen LogP contribution < -0.4 is 0 Å². The number of hydrogen-bond donors (Lipinski definition) is 1. The van der Waals surface area contributed by atoms with Crippen LogP contribution in [0.5, 0.6) is 0 Å². The van der Waals surface area contributed by atoms with E-state index in [4.69, 9.17) is 4.18 Å². The van der Waals surface area contributed by atoms with E-state index in [1.165, 1.54) is 0 Å². The smallest absolute Gasteiger partial charge is 0.421 e. The van der Waals surface area contributed by atoms with E-state index in [1.54, 1.807) is 0 Å². The molecule has 1 unspecified atom stereocenters. The monoisotopic (exact) mass is 372 g/mol. The molecule has 10 heteroatoms. The maximum absolute atomic E-state index is 12.8. The molecular weight excluding hydrogens is 349 g/mol. The van der Waals surface area contributed by atoms with Gasteiger partial charge in [-0.3, -0.25) is 4.18 Å². The molecule has 2 aliphatic heterocycles. The minimum atomic E-state index is -4.20. The lowest BCUT2D eigenvalue weighted by Gasteiger charge is -2.47. The minimum Gasteiger partial charge on any atom is -0.464 e. The fourth-order valence-electron chi connectivity index (χ4n) is 3.31. The van der Waals surface area contributed by atoms with Crippen molar-refractivity contribution >= 4 is 17.4 Å². The van der Waals surface area contributed by atoms with Gasteiger partial charge >= 0.3 is 12.3 Å². The summed E-state index contributed by atoms with van der Waals surface area (Å²) in [4.78, 5) is 13.4. The summed E-state index contributed by atoms with van der Waals surface area (Å²) in [5, 5.41) is 9.45. The van der Waals surface area contributed by atoms with E-state index in [0.29, 0.717) is 0 Å². The molecule has 0 aliphatic carbocycles. The number of rotatable bonds is 2. The average Bonchev–Trinajstić information content (AvgIpc) is 2.76. The van der Waals surface area contributed by atoms with Gasteiger partial charge in [-0.25, -0.2) is 9.00 Å². The van der Waals surface area contributed by atoms with Crippen molar-refractivity contribution in [3.05, 3.63) is 0 Å². The predicted molar refractivity (Wildman–Crippen MR) is 81.4 cm³/mol. The molecule has 2 fully saturated rings. The lowest BCUT2D eigenvalue weighted by atomic mass is 9.73. The molecule has 6 nitrogen and oxygen atoms in total. The molecule has 0 spiro atoms. The third-order valence-electron chi connectivity index (χ3n) is 5.04. The Kier molecular flexibility index (Phi) is 5.23. The number of carbonyl (C=O) groups is 1. The van der Waals surface area contributed by atoms with Crippen LogP contribution in [0.15, 0.2) is 0 Å². The second-order valence-electron chi connectivity index (χ2n) is 7.43. The molecule has 0 aromatic carbocycles. The first-order chi connectivity index (χ1) is 10.9. The standard InChI is InChI=1S/C14H23F3N2O4S/c1-12(2,3)13(9-23-24(22)19(13)11(20)21)8-18-6-4-10(5-7-18)14(15,16)17/h10H,4-9H2,1-3H3,(H,20,21)/t13-,24?/m0/s1. The molecule has 2 atom stereocenters. The second-order valence-corrected chi connectivity index (χ2v) is 8.46. The van der Waals surface area contributed by atoms with Crippen molar-refractivity contribution in [2.24, 2.45) is 11.3 Å². The molecule has 24 heavy (non-hydrogen) atoms. The van der Waals surface area contributed by atoms with Crippen LogP contribution in [0.25, 0.3) is 0 Å². The van der Waals surface area contributed by atoms with Gasteiger partial charge in [0.25, 0.3) is 11.3 Å². The van der Waals surface area contributed by atoms with E-state index < -0.39 is 40.4 Å². The fraction of sp³-hybridized carbons (Fsp3) is 0.929. The van der Waals surface area contributed by atoms with Gasteiger partial charge in [0.05, 0.1) is 12.5 Å². The molecule has 1 amide bonds. The van der Waals surface area contributed by atoms with Crippen LogP contribution in [-0.2, 0) is 15.4 Å². The lowest BCUT2D eigenvalue weighted by molar-refractivity contribution is -0.186. The number of halogens is 3. The van der Waals surface area contributed by atoms with Gasteiger partial charge in [-0.15, -0.1) is 0 Å². The van der Waals surface area contributed by atoms with Gasteiger partial charge in [0, 0.05) is 6.54 Å². The van der Waals surface area contributed by atoms with E-state index >= 15 is 0 Å². The summed E-state index contributed by atoms with van der Waals surface area (Å²) in [6.07, 6.45) is -5.58. The number of amides is 1. The third-order valence-corrected chi connectivity index (χ3v) is 6.17. The van der Waals surface area contributed by atoms with Crippen LogP contribution >= 0.6 is 0 Å². The Labute approximate surface area is 141 Å². The first-order valence-electron chi connectivity index (χ1n) is 7.76. The lowest BCUT2D eigenvalue weighted by Crippen LogP contribution is -2.63. The van der Waals surface area contributed by atoms with E-state index in [-0.39, 0.29) is 39.1 Å². The first kappa shape index (κ1) is 19.5. The Bertz CT molecular complexity index is 515. The number of likely N-dealkylation sites (tertiary alicyclic amines) is 1. The molecule has 0 radical (unpaired) electrons. The molecule has 2 heterocycles. The van der Waals surface area contributed by atoms with Crippen LogP contribution in [0.4, 0.5) is 18.0 Å². The van der Waals surface area contributed by atoms with Crippen molar-refractivity contribution in [3.8, 4) is 0 Å². The zero-order chi connectivity index (χ0) is 18.3. The van der Waals surface area contributed by atoms with Crippen LogP contribution in [0.2, 0.25) is 0 Å². The summed E-state index contributed by atoms with van der Waals surface area (Å²) in [5.74, 6) is -1.32. The van der Waals surface area contributed by atoms with E-state index in [1.807, 2.05) is 25.7 Å². The van der Waals surface area contributed by atoms with Crippen molar-refractivity contribution in [1.82, 2.24) is 9.21 Å². The number of carboxylic acid groups (broad SMARTS) is 1. The molecule has 0 aromatic rings. The van der Waals surface area contributed by atoms with Crippen LogP contribution in [0.1, 0.15) is 33.6 Å². The summed E-state index contributed by atoms with van der Waals surface area (Å²) >= 11 is -2.10. The highest BCUT2D eigenvalue weighted by Gasteiger charge is 2.58. The summed E-state index contributed by atoms with van der Waals surface area (Å²) in [5.41, 5.74) is -1.67. The molecule has 2 saturated heterocycles. The van der Waals surface area contributed by atoms with Gasteiger partial charge in [0.1, 0.15) is 5.54 Å². The third kappa shape index (κ3) is 3.55. The van der Waals surface area contributed by atoms with Gasteiger partial charge in [0.15, 0.2) is 0 Å². The first-order valence-corrected chi connectivity index (χ1v) is 8.79. The fourth-order valence-corrected chi connectivity index (χ4v) is 4.50. The molecule has 0 aromatic heterocycles. The topological polar surface area (TPSA) is 70.1 Å². The largest absolute Gasteiger partial charge is 0.464 e. The van der Waals surface area contributed by atoms with E-state index in [9.17, 15) is 27.3 Å². The van der Waals surface area contributed by atoms with Crippen molar-refractivity contribution in [2.75, 3.05) is 26.2 Å². The van der Waals surface area contributed by atoms with Gasteiger partial charge in [-0.05, 0) is 31.3 Å². The van der Waals surface area contributed by atoms with Gasteiger partial charge in [-0.2, -0.15) is 17.5 Å². The van der Waals surface area contributed by atoms with E-state index in [0.717, 1.165) is 4.31 Å². The summed E-state index contributed by atoms with van der Waals surface area (Å²) < 4.78 is 56.3. The van der Waals surface area contributed by atoms with E-state index in [2.05, 4.69) is 0 Å². The molecule has 0 saturated carbocycles. The van der Waals surface area contributed by atoms with Crippen molar-refractivity contribution in [2.45, 2.75) is 45.3 Å². The molecule has 1 N–H and O–H groups in total.